The van der Waals surface area contributed by atoms with Crippen molar-refractivity contribution in [1.82, 2.24) is 19.9 Å². The Kier molecular flexibility index (Phi) is 5.91. The number of hydrogen-bond donors (Lipinski definition) is 1. The number of pyridine rings is 1. The highest BCUT2D eigenvalue weighted by Crippen LogP contribution is 2.36. The van der Waals surface area contributed by atoms with Gasteiger partial charge >= 0.3 is 0 Å². The smallest absolute Gasteiger partial charge is 0.116 e. The summed E-state index contributed by atoms with van der Waals surface area (Å²) in [5, 5.41) is 4.35. The van der Waals surface area contributed by atoms with Gasteiger partial charge in [-0.3, -0.25) is 4.98 Å². The Labute approximate surface area is 200 Å². The van der Waals surface area contributed by atoms with Crippen LogP contribution in [0.1, 0.15) is 23.6 Å². The summed E-state index contributed by atoms with van der Waals surface area (Å²) in [7, 11) is 0. The molecule has 5 nitrogen and oxygen atoms in total. The van der Waals surface area contributed by atoms with E-state index in [1.54, 1.807) is 6.33 Å². The molecule has 1 aliphatic rings. The van der Waals surface area contributed by atoms with E-state index in [2.05, 4.69) is 63.1 Å². The topological polar surface area (TPSA) is 53.9 Å². The lowest BCUT2D eigenvalue weighted by Gasteiger charge is -2.19. The van der Waals surface area contributed by atoms with Gasteiger partial charge in [-0.05, 0) is 54.0 Å². The van der Waals surface area contributed by atoms with Crippen molar-refractivity contribution in [2.75, 3.05) is 18.4 Å². The van der Waals surface area contributed by atoms with Crippen molar-refractivity contribution in [2.24, 2.45) is 0 Å². The minimum absolute atomic E-state index is 0.371. The molecular formula is C29H27N5. The first-order valence-corrected chi connectivity index (χ1v) is 11.4. The second-order valence-corrected chi connectivity index (χ2v) is 8.55. The first-order valence-electron chi connectivity index (χ1n) is 11.4. The van der Waals surface area contributed by atoms with E-state index in [4.69, 9.17) is 0 Å². The van der Waals surface area contributed by atoms with Crippen molar-refractivity contribution >= 4 is 22.3 Å². The molecule has 2 aromatic carbocycles. The molecule has 1 fully saturated rings. The molecule has 1 unspecified atom stereocenters. The van der Waals surface area contributed by atoms with E-state index in [9.17, 15) is 0 Å². The van der Waals surface area contributed by atoms with Crippen molar-refractivity contribution in [3.63, 3.8) is 0 Å². The van der Waals surface area contributed by atoms with Crippen LogP contribution in [0.5, 0.6) is 0 Å². The quantitative estimate of drug-likeness (QED) is 0.340. The number of likely N-dealkylation sites (tertiary alicyclic amines) is 1. The van der Waals surface area contributed by atoms with Crippen LogP contribution >= 0.6 is 0 Å². The van der Waals surface area contributed by atoms with Crippen molar-refractivity contribution in [1.29, 1.82) is 0 Å². The third-order valence-electron chi connectivity index (χ3n) is 6.38. The zero-order valence-electron chi connectivity index (χ0n) is 19.1. The molecule has 3 heterocycles. The number of aromatic nitrogens is 3. The molecule has 168 valence electrons. The zero-order chi connectivity index (χ0) is 23.5. The summed E-state index contributed by atoms with van der Waals surface area (Å²) in [6, 6.07) is 18.5. The molecule has 0 saturated carbocycles. The molecule has 5 rings (SSSR count). The fourth-order valence-electron chi connectivity index (χ4n) is 4.52. The molecule has 34 heavy (non-hydrogen) atoms. The normalized spacial score (nSPS) is 15.3. The summed E-state index contributed by atoms with van der Waals surface area (Å²) < 4.78 is 0. The molecular weight excluding hydrogens is 418 g/mol. The maximum atomic E-state index is 4.68. The fraction of sp³-hybridized carbons (Fsp3) is 0.138. The highest BCUT2D eigenvalue weighted by molar-refractivity contribution is 5.87. The monoisotopic (exact) mass is 445 g/mol. The van der Waals surface area contributed by atoms with Crippen molar-refractivity contribution in [2.45, 2.75) is 12.3 Å². The lowest BCUT2D eigenvalue weighted by molar-refractivity contribution is 0.436. The van der Waals surface area contributed by atoms with E-state index in [0.29, 0.717) is 5.92 Å². The standard InChI is InChI=1S/C29H27N5/c1-4-20(2)34-13-12-23(18-34)27-15-24(14-25-16-30-19-32-29(25)27)22-10-11-28(31-17-22)21(3)33-26-8-6-5-7-9-26/h4-11,14-17,19,23,33H,1-3,12-13,18H2. The van der Waals surface area contributed by atoms with Crippen LogP contribution in [0.2, 0.25) is 0 Å². The van der Waals surface area contributed by atoms with E-state index in [0.717, 1.165) is 64.3 Å². The van der Waals surface area contributed by atoms with Gasteiger partial charge in [-0.1, -0.05) is 44.0 Å². The second kappa shape index (κ2) is 9.32. The number of anilines is 1. The van der Waals surface area contributed by atoms with Gasteiger partial charge < -0.3 is 10.2 Å². The molecule has 1 N–H and O–H groups in total. The summed E-state index contributed by atoms with van der Waals surface area (Å²) in [4.78, 5) is 15.9. The summed E-state index contributed by atoms with van der Waals surface area (Å²) in [6.45, 7) is 14.0. The number of rotatable bonds is 7. The molecule has 2 aromatic heterocycles. The fourth-order valence-corrected chi connectivity index (χ4v) is 4.52. The van der Waals surface area contributed by atoms with Gasteiger partial charge in [-0.15, -0.1) is 0 Å². The summed E-state index contributed by atoms with van der Waals surface area (Å²) in [5.74, 6) is 0.371. The number of nitrogens with one attached hydrogen (secondary N) is 1. The first-order chi connectivity index (χ1) is 16.6. The Hall–Kier alpha value is -4.25. The molecule has 0 spiro atoms. The number of fused-ring (bicyclic) bond motifs is 1. The van der Waals surface area contributed by atoms with Crippen LogP contribution in [0.25, 0.3) is 27.7 Å². The van der Waals surface area contributed by atoms with Gasteiger partial charge in [0.1, 0.15) is 6.33 Å². The van der Waals surface area contributed by atoms with Gasteiger partial charge in [-0.2, -0.15) is 0 Å². The van der Waals surface area contributed by atoms with Crippen molar-refractivity contribution in [3.05, 3.63) is 116 Å². The lowest BCUT2D eigenvalue weighted by Crippen LogP contribution is -2.17. The number of allylic oxidation sites excluding steroid dienone is 1. The minimum Gasteiger partial charge on any atom is -0.371 e. The average Bonchev–Trinajstić information content (AvgIpc) is 3.38. The Morgan fingerprint density at radius 3 is 2.62 bits per heavy atom. The Morgan fingerprint density at radius 2 is 1.85 bits per heavy atom. The molecule has 1 aliphatic heterocycles. The maximum absolute atomic E-state index is 4.68. The van der Waals surface area contributed by atoms with E-state index >= 15 is 0 Å². The maximum Gasteiger partial charge on any atom is 0.116 e. The van der Waals surface area contributed by atoms with Crippen LogP contribution in [0.3, 0.4) is 0 Å². The van der Waals surface area contributed by atoms with Gasteiger partial charge in [0, 0.05) is 53.7 Å². The molecule has 0 aliphatic carbocycles. The van der Waals surface area contributed by atoms with Crippen LogP contribution in [0.4, 0.5) is 5.69 Å². The molecule has 5 heteroatoms. The predicted molar refractivity (Wildman–Crippen MR) is 140 cm³/mol. The largest absolute Gasteiger partial charge is 0.371 e. The van der Waals surface area contributed by atoms with Gasteiger partial charge in [0.25, 0.3) is 0 Å². The average molecular weight is 446 g/mol. The van der Waals surface area contributed by atoms with E-state index in [1.165, 1.54) is 5.56 Å². The van der Waals surface area contributed by atoms with Crippen LogP contribution in [-0.2, 0) is 0 Å². The van der Waals surface area contributed by atoms with Crippen LogP contribution < -0.4 is 5.32 Å². The van der Waals surface area contributed by atoms with E-state index in [1.807, 2.05) is 54.9 Å². The Balaban J connectivity index is 1.44. The third-order valence-corrected chi connectivity index (χ3v) is 6.38. The van der Waals surface area contributed by atoms with Gasteiger partial charge in [0.05, 0.1) is 16.9 Å². The van der Waals surface area contributed by atoms with Crippen LogP contribution in [-0.4, -0.2) is 32.9 Å². The second-order valence-electron chi connectivity index (χ2n) is 8.55. The number of nitrogens with zero attached hydrogens (tertiary/aromatic N) is 4. The van der Waals surface area contributed by atoms with Crippen molar-refractivity contribution < 1.29 is 0 Å². The van der Waals surface area contributed by atoms with Crippen LogP contribution in [0.15, 0.2) is 105 Å². The number of benzene rings is 2. The van der Waals surface area contributed by atoms with E-state index in [-0.39, 0.29) is 0 Å². The highest BCUT2D eigenvalue weighted by Gasteiger charge is 2.26. The van der Waals surface area contributed by atoms with Crippen molar-refractivity contribution in [3.8, 4) is 11.1 Å². The highest BCUT2D eigenvalue weighted by atomic mass is 15.2. The molecule has 0 bridgehead atoms. The Bertz CT molecular complexity index is 1360. The van der Waals surface area contributed by atoms with Crippen LogP contribution in [0, 0.1) is 0 Å². The molecule has 1 saturated heterocycles. The first kappa shape index (κ1) is 21.6. The van der Waals surface area contributed by atoms with Gasteiger partial charge in [-0.25, -0.2) is 9.97 Å². The van der Waals surface area contributed by atoms with Gasteiger partial charge in [0.2, 0.25) is 0 Å². The predicted octanol–water partition coefficient (Wildman–Crippen LogP) is 6.26. The van der Waals surface area contributed by atoms with E-state index < -0.39 is 0 Å². The molecule has 0 radical (unpaired) electrons. The van der Waals surface area contributed by atoms with Gasteiger partial charge in [0.15, 0.2) is 0 Å². The third kappa shape index (κ3) is 4.33. The summed E-state index contributed by atoms with van der Waals surface area (Å²) >= 11 is 0. The molecule has 1 atom stereocenters. The summed E-state index contributed by atoms with van der Waals surface area (Å²) in [6.07, 6.45) is 8.30. The summed E-state index contributed by atoms with van der Waals surface area (Å²) in [5.41, 5.74) is 7.95. The minimum atomic E-state index is 0.371. The number of hydrogen-bond acceptors (Lipinski definition) is 5. The number of para-hydroxylation sites is 1. The SMILES string of the molecule is C=CC(=C)N1CCC(c2cc(-c3ccc(C(=C)Nc4ccccc4)nc3)cc3cncnc23)C1. The zero-order valence-corrected chi connectivity index (χ0v) is 19.1. The lowest BCUT2D eigenvalue weighted by atomic mass is 9.92. The molecule has 4 aromatic rings. The Morgan fingerprint density at radius 1 is 1.00 bits per heavy atom. The molecule has 0 amide bonds.